The van der Waals surface area contributed by atoms with E-state index in [2.05, 4.69) is 37.6 Å². The maximum Gasteiger partial charge on any atom is 0.194 e. The van der Waals surface area contributed by atoms with Crippen LogP contribution in [0.3, 0.4) is 0 Å². The molecule has 0 unspecified atom stereocenters. The van der Waals surface area contributed by atoms with Crippen LogP contribution < -0.4 is 10.2 Å². The number of rotatable bonds is 5. The normalized spacial score (nSPS) is 14.9. The fourth-order valence-electron chi connectivity index (χ4n) is 3.11. The summed E-state index contributed by atoms with van der Waals surface area (Å²) in [6.07, 6.45) is 0. The van der Waals surface area contributed by atoms with Gasteiger partial charge in [0.15, 0.2) is 5.96 Å². The monoisotopic (exact) mass is 504 g/mol. The third kappa shape index (κ3) is 5.79. The number of piperazine rings is 1. The Morgan fingerprint density at radius 3 is 2.67 bits per heavy atom. The van der Waals surface area contributed by atoms with Gasteiger partial charge in [-0.25, -0.2) is 4.39 Å². The number of hydrogen-bond donors (Lipinski definition) is 1. The van der Waals surface area contributed by atoms with Gasteiger partial charge in [0, 0.05) is 52.4 Å². The van der Waals surface area contributed by atoms with Crippen LogP contribution in [0.25, 0.3) is 0 Å². The van der Waals surface area contributed by atoms with Crippen LogP contribution in [-0.4, -0.2) is 51.2 Å². The summed E-state index contributed by atoms with van der Waals surface area (Å²) in [7, 11) is 3.37. The predicted octanol–water partition coefficient (Wildman–Crippen LogP) is 3.55. The van der Waals surface area contributed by atoms with Crippen LogP contribution >= 0.6 is 35.3 Å². The quantitative estimate of drug-likeness (QED) is 0.384. The molecule has 1 fully saturated rings. The first-order valence-electron chi connectivity index (χ1n) is 8.71. The van der Waals surface area contributed by atoms with Gasteiger partial charge in [-0.2, -0.15) is 0 Å². The number of anilines is 1. The molecule has 1 N–H and O–H groups in total. The molecule has 2 heterocycles. The van der Waals surface area contributed by atoms with Crippen LogP contribution in [0, 0.1) is 5.82 Å². The van der Waals surface area contributed by atoms with E-state index in [1.807, 2.05) is 6.07 Å². The van der Waals surface area contributed by atoms with Gasteiger partial charge in [0.1, 0.15) is 5.82 Å². The first-order chi connectivity index (χ1) is 12.7. The maximum absolute atomic E-state index is 13.7. The zero-order valence-electron chi connectivity index (χ0n) is 15.7. The molecule has 1 aliphatic heterocycles. The van der Waals surface area contributed by atoms with E-state index >= 15 is 0 Å². The molecule has 0 atom stereocenters. The molecule has 1 aliphatic rings. The molecule has 0 amide bonds. The minimum Gasteiger partial charge on any atom is -0.380 e. The molecule has 0 spiro atoms. The molecule has 1 saturated heterocycles. The highest BCUT2D eigenvalue weighted by Gasteiger charge is 2.20. The third-order valence-corrected chi connectivity index (χ3v) is 5.40. The van der Waals surface area contributed by atoms with E-state index in [4.69, 9.17) is 4.74 Å². The number of nitrogens with one attached hydrogen (secondary N) is 1. The molecule has 3 rings (SSSR count). The van der Waals surface area contributed by atoms with Crippen LogP contribution in [0.2, 0.25) is 0 Å². The average Bonchev–Trinajstić information content (AvgIpc) is 3.20. The largest absolute Gasteiger partial charge is 0.380 e. The predicted molar refractivity (Wildman–Crippen MR) is 121 cm³/mol. The fourth-order valence-corrected chi connectivity index (χ4v) is 3.89. The molecular formula is C19H26FIN4OS. The number of thiophene rings is 1. The summed E-state index contributed by atoms with van der Waals surface area (Å²) in [5, 5.41) is 6.83. The topological polar surface area (TPSA) is 40.1 Å². The van der Waals surface area contributed by atoms with Crippen molar-refractivity contribution in [1.29, 1.82) is 0 Å². The van der Waals surface area contributed by atoms with Crippen molar-refractivity contribution in [2.75, 3.05) is 45.2 Å². The summed E-state index contributed by atoms with van der Waals surface area (Å²) in [6.45, 7) is 4.70. The number of halogens is 2. The second kappa shape index (κ2) is 10.8. The highest BCUT2D eigenvalue weighted by Crippen LogP contribution is 2.22. The molecule has 1 aromatic carbocycles. The van der Waals surface area contributed by atoms with Crippen LogP contribution in [0.5, 0.6) is 0 Å². The second-order valence-corrected chi connectivity index (χ2v) is 7.11. The minimum absolute atomic E-state index is 0. The summed E-state index contributed by atoms with van der Waals surface area (Å²) >= 11 is 1.78. The lowest BCUT2D eigenvalue weighted by molar-refractivity contribution is 0.181. The second-order valence-electron chi connectivity index (χ2n) is 6.18. The van der Waals surface area contributed by atoms with Gasteiger partial charge in [0.2, 0.25) is 0 Å². The number of nitrogens with zero attached hydrogens (tertiary/aromatic N) is 3. The molecule has 0 aliphatic carbocycles. The summed E-state index contributed by atoms with van der Waals surface area (Å²) < 4.78 is 18.8. The van der Waals surface area contributed by atoms with Crippen molar-refractivity contribution in [2.24, 2.45) is 4.99 Å². The summed E-state index contributed by atoms with van der Waals surface area (Å²) in [5.74, 6) is 0.651. The number of methoxy groups -OCH3 is 1. The summed E-state index contributed by atoms with van der Waals surface area (Å²) in [6, 6.07) is 9.39. The van der Waals surface area contributed by atoms with Gasteiger partial charge in [-0.3, -0.25) is 4.99 Å². The van der Waals surface area contributed by atoms with Gasteiger partial charge >= 0.3 is 0 Å². The molecule has 0 radical (unpaired) electrons. The molecule has 27 heavy (non-hydrogen) atoms. The molecule has 0 saturated carbocycles. The van der Waals surface area contributed by atoms with E-state index in [-0.39, 0.29) is 36.4 Å². The van der Waals surface area contributed by atoms with Crippen molar-refractivity contribution >= 4 is 46.3 Å². The Labute approximate surface area is 181 Å². The van der Waals surface area contributed by atoms with Gasteiger partial charge in [-0.1, -0.05) is 6.07 Å². The van der Waals surface area contributed by atoms with Crippen molar-refractivity contribution in [3.8, 4) is 0 Å². The summed E-state index contributed by atoms with van der Waals surface area (Å²) in [4.78, 5) is 9.08. The van der Waals surface area contributed by atoms with Crippen molar-refractivity contribution in [3.63, 3.8) is 0 Å². The SMILES string of the molecule is CN=C(NCc1ccc(F)c(COC)c1)N1CCN(c2cccs2)CC1.I. The number of guanidine groups is 1. The first-order valence-corrected chi connectivity index (χ1v) is 9.59. The van der Waals surface area contributed by atoms with Crippen LogP contribution in [0.1, 0.15) is 11.1 Å². The van der Waals surface area contributed by atoms with E-state index in [1.165, 1.54) is 11.1 Å². The highest BCUT2D eigenvalue weighted by atomic mass is 127. The Hall–Kier alpha value is -1.39. The van der Waals surface area contributed by atoms with E-state index in [9.17, 15) is 4.39 Å². The Morgan fingerprint density at radius 2 is 2.04 bits per heavy atom. The number of ether oxygens (including phenoxy) is 1. The Kier molecular flexibility index (Phi) is 8.78. The van der Waals surface area contributed by atoms with Crippen molar-refractivity contribution in [2.45, 2.75) is 13.2 Å². The van der Waals surface area contributed by atoms with E-state index in [1.54, 1.807) is 31.6 Å². The van der Waals surface area contributed by atoms with E-state index in [0.717, 1.165) is 37.7 Å². The van der Waals surface area contributed by atoms with Crippen LogP contribution in [-0.2, 0) is 17.9 Å². The Morgan fingerprint density at radius 1 is 1.26 bits per heavy atom. The molecule has 5 nitrogen and oxygen atoms in total. The number of aliphatic imine (C=N–C) groups is 1. The average molecular weight is 504 g/mol. The van der Waals surface area contributed by atoms with Crippen LogP contribution in [0.15, 0.2) is 40.7 Å². The van der Waals surface area contributed by atoms with Crippen molar-refractivity contribution < 1.29 is 9.13 Å². The molecule has 1 aromatic heterocycles. The van der Waals surface area contributed by atoms with Gasteiger partial charge < -0.3 is 19.9 Å². The molecule has 0 bridgehead atoms. The zero-order chi connectivity index (χ0) is 18.4. The standard InChI is InChI=1S/C19H25FN4OS.HI/c1-21-19(22-13-15-5-6-17(20)16(12-15)14-25-2)24-9-7-23(8-10-24)18-4-3-11-26-18;/h3-6,11-12H,7-10,13-14H2,1-2H3,(H,21,22);1H. The lowest BCUT2D eigenvalue weighted by Gasteiger charge is -2.37. The number of benzene rings is 1. The lowest BCUT2D eigenvalue weighted by atomic mass is 10.1. The lowest BCUT2D eigenvalue weighted by Crippen LogP contribution is -2.52. The zero-order valence-corrected chi connectivity index (χ0v) is 18.8. The van der Waals surface area contributed by atoms with Crippen LogP contribution in [0.4, 0.5) is 9.39 Å². The van der Waals surface area contributed by atoms with Gasteiger partial charge in [-0.15, -0.1) is 35.3 Å². The molecule has 8 heteroatoms. The van der Waals surface area contributed by atoms with E-state index < -0.39 is 0 Å². The van der Waals surface area contributed by atoms with Gasteiger partial charge in [0.05, 0.1) is 11.6 Å². The molecule has 148 valence electrons. The van der Waals surface area contributed by atoms with Crippen molar-refractivity contribution in [1.82, 2.24) is 10.2 Å². The van der Waals surface area contributed by atoms with E-state index in [0.29, 0.717) is 12.1 Å². The van der Waals surface area contributed by atoms with Gasteiger partial charge in [-0.05, 0) is 35.2 Å². The van der Waals surface area contributed by atoms with Gasteiger partial charge in [0.25, 0.3) is 0 Å². The summed E-state index contributed by atoms with van der Waals surface area (Å²) in [5.41, 5.74) is 1.59. The third-order valence-electron chi connectivity index (χ3n) is 4.47. The highest BCUT2D eigenvalue weighted by molar-refractivity contribution is 14.0. The molecule has 2 aromatic rings. The van der Waals surface area contributed by atoms with Crippen molar-refractivity contribution in [3.05, 3.63) is 52.7 Å². The Bertz CT molecular complexity index is 733. The Balaban J connectivity index is 0.00000261. The fraction of sp³-hybridized carbons (Fsp3) is 0.421. The smallest absolute Gasteiger partial charge is 0.194 e. The molecular weight excluding hydrogens is 478 g/mol. The minimum atomic E-state index is -0.232. The maximum atomic E-state index is 13.7. The number of hydrogen-bond acceptors (Lipinski definition) is 4. The first kappa shape index (κ1) is 21.9.